The van der Waals surface area contributed by atoms with Gasteiger partial charge in [-0.05, 0) is 32.6 Å². The number of hydrogen-bond donors (Lipinski definition) is 0. The molecule has 0 bridgehead atoms. The van der Waals surface area contributed by atoms with Gasteiger partial charge in [-0.3, -0.25) is 4.79 Å². The van der Waals surface area contributed by atoms with Gasteiger partial charge < -0.3 is 4.74 Å². The maximum absolute atomic E-state index is 11.6. The van der Waals surface area contributed by atoms with Gasteiger partial charge in [0.15, 0.2) is 0 Å². The number of esters is 1. The molecule has 0 aromatic rings. The zero-order valence-corrected chi connectivity index (χ0v) is 15.8. The third kappa shape index (κ3) is 19.2. The summed E-state index contributed by atoms with van der Waals surface area (Å²) < 4.78 is 5.30. The molecule has 0 heterocycles. The van der Waals surface area contributed by atoms with E-state index in [0.717, 1.165) is 19.3 Å². The molecule has 0 radical (unpaired) electrons. The van der Waals surface area contributed by atoms with Crippen LogP contribution in [0.25, 0.3) is 0 Å². The second kappa shape index (κ2) is 19.3. The van der Waals surface area contributed by atoms with Crippen molar-refractivity contribution in [2.24, 2.45) is 0 Å². The molecule has 136 valence electrons. The quantitative estimate of drug-likeness (QED) is 0.164. The summed E-state index contributed by atoms with van der Waals surface area (Å²) in [5.74, 6) is 0.00376. The first kappa shape index (κ1) is 22.2. The molecule has 0 saturated carbocycles. The van der Waals surface area contributed by atoms with E-state index in [-0.39, 0.29) is 5.97 Å². The van der Waals surface area contributed by atoms with Crippen LogP contribution < -0.4 is 0 Å². The lowest BCUT2D eigenvalue weighted by atomic mass is 10.1. The van der Waals surface area contributed by atoms with Gasteiger partial charge in [-0.25, -0.2) is 0 Å². The number of ether oxygens (including phenoxy) is 1. The first-order valence-corrected chi connectivity index (χ1v) is 10.1. The zero-order chi connectivity index (χ0) is 17.0. The third-order valence-corrected chi connectivity index (χ3v) is 4.25. The van der Waals surface area contributed by atoms with Crippen LogP contribution in [0.3, 0.4) is 0 Å². The summed E-state index contributed by atoms with van der Waals surface area (Å²) >= 11 is 0. The van der Waals surface area contributed by atoms with Crippen molar-refractivity contribution in [3.8, 4) is 0 Å². The van der Waals surface area contributed by atoms with E-state index in [4.69, 9.17) is 4.74 Å². The van der Waals surface area contributed by atoms with E-state index in [2.05, 4.69) is 26.0 Å². The van der Waals surface area contributed by atoms with E-state index >= 15 is 0 Å². The maximum Gasteiger partial charge on any atom is 0.305 e. The van der Waals surface area contributed by atoms with Gasteiger partial charge >= 0.3 is 5.97 Å². The Hall–Kier alpha value is -0.790. The van der Waals surface area contributed by atoms with E-state index in [1.54, 1.807) is 0 Å². The van der Waals surface area contributed by atoms with Gasteiger partial charge in [-0.15, -0.1) is 0 Å². The SMILES string of the molecule is CC=CCCCCCCCCC(=O)OCCCCCCCCC. The molecule has 0 rings (SSSR count). The summed E-state index contributed by atoms with van der Waals surface area (Å²) in [5, 5.41) is 0. The van der Waals surface area contributed by atoms with Crippen LogP contribution in [0.2, 0.25) is 0 Å². The normalized spacial score (nSPS) is 11.2. The third-order valence-electron chi connectivity index (χ3n) is 4.25. The van der Waals surface area contributed by atoms with Crippen molar-refractivity contribution < 1.29 is 9.53 Å². The second-order valence-electron chi connectivity index (χ2n) is 6.57. The number of rotatable bonds is 17. The number of carbonyl (C=O) groups is 1. The minimum absolute atomic E-state index is 0.00376. The summed E-state index contributed by atoms with van der Waals surface area (Å²) in [6, 6.07) is 0. The van der Waals surface area contributed by atoms with Gasteiger partial charge in [-0.2, -0.15) is 0 Å². The molecule has 23 heavy (non-hydrogen) atoms. The van der Waals surface area contributed by atoms with Gasteiger partial charge in [-0.1, -0.05) is 83.3 Å². The molecule has 2 nitrogen and oxygen atoms in total. The predicted molar refractivity (Wildman–Crippen MR) is 101 cm³/mol. The standard InChI is InChI=1S/C21H40O2/c1-3-5-7-9-11-12-13-15-17-19-21(22)23-20-18-16-14-10-8-6-4-2/h3,5H,4,6-20H2,1-2H3. The van der Waals surface area contributed by atoms with Crippen molar-refractivity contribution >= 4 is 5.97 Å². The van der Waals surface area contributed by atoms with Gasteiger partial charge in [0, 0.05) is 6.42 Å². The molecule has 0 N–H and O–H groups in total. The monoisotopic (exact) mass is 324 g/mol. The Bertz CT molecular complexity index is 271. The van der Waals surface area contributed by atoms with Crippen molar-refractivity contribution in [3.05, 3.63) is 12.2 Å². The number of allylic oxidation sites excluding steroid dienone is 2. The van der Waals surface area contributed by atoms with Crippen molar-refractivity contribution in [1.82, 2.24) is 0 Å². The predicted octanol–water partition coefficient (Wildman–Crippen LogP) is 6.98. The summed E-state index contributed by atoms with van der Waals surface area (Å²) in [6.07, 6.45) is 22.3. The van der Waals surface area contributed by atoms with Gasteiger partial charge in [0.2, 0.25) is 0 Å². The molecule has 2 heteroatoms. The van der Waals surface area contributed by atoms with Crippen molar-refractivity contribution in [2.45, 2.75) is 110 Å². The molecule has 0 aromatic carbocycles. The Balaban J connectivity index is 3.16. The summed E-state index contributed by atoms with van der Waals surface area (Å²) in [4.78, 5) is 11.6. The highest BCUT2D eigenvalue weighted by Crippen LogP contribution is 2.10. The van der Waals surface area contributed by atoms with Gasteiger partial charge in [0.25, 0.3) is 0 Å². The second-order valence-corrected chi connectivity index (χ2v) is 6.57. The number of carbonyl (C=O) groups excluding carboxylic acids is 1. The molecule has 0 aromatic heterocycles. The fraction of sp³-hybridized carbons (Fsp3) is 0.857. The van der Waals surface area contributed by atoms with Crippen LogP contribution in [-0.4, -0.2) is 12.6 Å². The highest BCUT2D eigenvalue weighted by atomic mass is 16.5. The topological polar surface area (TPSA) is 26.3 Å². The lowest BCUT2D eigenvalue weighted by Gasteiger charge is -2.05. The molecule has 0 aliphatic heterocycles. The molecular weight excluding hydrogens is 284 g/mol. The molecule has 0 saturated heterocycles. The minimum atomic E-state index is 0.00376. The average molecular weight is 325 g/mol. The summed E-state index contributed by atoms with van der Waals surface area (Å²) in [6.45, 7) is 4.94. The van der Waals surface area contributed by atoms with Crippen molar-refractivity contribution in [3.63, 3.8) is 0 Å². The Morgan fingerprint density at radius 2 is 1.35 bits per heavy atom. The Kier molecular flexibility index (Phi) is 18.6. The van der Waals surface area contributed by atoms with Crippen LogP contribution in [0.15, 0.2) is 12.2 Å². The lowest BCUT2D eigenvalue weighted by molar-refractivity contribution is -0.143. The summed E-state index contributed by atoms with van der Waals surface area (Å²) in [7, 11) is 0. The molecular formula is C21H40O2. The van der Waals surface area contributed by atoms with E-state index in [0.29, 0.717) is 13.0 Å². The van der Waals surface area contributed by atoms with E-state index < -0.39 is 0 Å². The van der Waals surface area contributed by atoms with E-state index in [9.17, 15) is 4.79 Å². The smallest absolute Gasteiger partial charge is 0.305 e. The highest BCUT2D eigenvalue weighted by molar-refractivity contribution is 5.69. The van der Waals surface area contributed by atoms with Crippen LogP contribution in [0, 0.1) is 0 Å². The highest BCUT2D eigenvalue weighted by Gasteiger charge is 2.02. The van der Waals surface area contributed by atoms with Gasteiger partial charge in [0.1, 0.15) is 0 Å². The van der Waals surface area contributed by atoms with Crippen LogP contribution in [0.4, 0.5) is 0 Å². The Labute approximate surface area is 145 Å². The maximum atomic E-state index is 11.6. The fourth-order valence-corrected chi connectivity index (χ4v) is 2.72. The summed E-state index contributed by atoms with van der Waals surface area (Å²) in [5.41, 5.74) is 0. The van der Waals surface area contributed by atoms with Gasteiger partial charge in [0.05, 0.1) is 6.61 Å². The van der Waals surface area contributed by atoms with E-state index in [1.807, 2.05) is 0 Å². The zero-order valence-electron chi connectivity index (χ0n) is 15.8. The molecule has 0 unspecified atom stereocenters. The first-order chi connectivity index (χ1) is 11.3. The average Bonchev–Trinajstić information content (AvgIpc) is 2.56. The molecule has 0 aliphatic carbocycles. The van der Waals surface area contributed by atoms with Crippen molar-refractivity contribution in [1.29, 1.82) is 0 Å². The largest absolute Gasteiger partial charge is 0.466 e. The minimum Gasteiger partial charge on any atom is -0.466 e. The molecule has 0 fully saturated rings. The number of unbranched alkanes of at least 4 members (excludes halogenated alkanes) is 12. The lowest BCUT2D eigenvalue weighted by Crippen LogP contribution is -2.05. The van der Waals surface area contributed by atoms with E-state index in [1.165, 1.54) is 70.6 Å². The molecule has 0 atom stereocenters. The van der Waals surface area contributed by atoms with Crippen LogP contribution in [0.5, 0.6) is 0 Å². The fourth-order valence-electron chi connectivity index (χ4n) is 2.72. The first-order valence-electron chi connectivity index (χ1n) is 10.1. The molecule has 0 amide bonds. The van der Waals surface area contributed by atoms with Crippen LogP contribution in [0.1, 0.15) is 110 Å². The Morgan fingerprint density at radius 1 is 0.783 bits per heavy atom. The van der Waals surface area contributed by atoms with Crippen molar-refractivity contribution in [2.75, 3.05) is 6.61 Å². The molecule has 0 aliphatic rings. The van der Waals surface area contributed by atoms with Crippen LogP contribution in [-0.2, 0) is 9.53 Å². The molecule has 0 spiro atoms. The number of hydrogen-bond acceptors (Lipinski definition) is 2. The Morgan fingerprint density at radius 3 is 2.00 bits per heavy atom. The van der Waals surface area contributed by atoms with Crippen LogP contribution >= 0.6 is 0 Å².